The first-order valence-corrected chi connectivity index (χ1v) is 17.7. The predicted octanol–water partition coefficient (Wildman–Crippen LogP) is 13.2. The highest BCUT2D eigenvalue weighted by Crippen LogP contribution is 2.73. The molecule has 0 amide bonds. The van der Waals surface area contributed by atoms with Crippen molar-refractivity contribution in [3.8, 4) is 17.2 Å². The molecule has 0 saturated heterocycles. The summed E-state index contributed by atoms with van der Waals surface area (Å²) in [5.74, 6) is -0.466. The Morgan fingerprint density at radius 2 is 0.904 bits per heavy atom. The number of rotatable bonds is 5. The first kappa shape index (κ1) is 41.2. The summed E-state index contributed by atoms with van der Waals surface area (Å²) in [6.07, 6.45) is -8.91. The van der Waals surface area contributed by atoms with Gasteiger partial charge < -0.3 is 20.9 Å². The summed E-state index contributed by atoms with van der Waals surface area (Å²) in [5.41, 5.74) is 7.17. The number of anilines is 2. The molecule has 0 aromatic heterocycles. The van der Waals surface area contributed by atoms with Gasteiger partial charge in [-0.1, -0.05) is 95.2 Å². The van der Waals surface area contributed by atoms with Gasteiger partial charge in [0.25, 0.3) is 0 Å². The summed E-state index contributed by atoms with van der Waals surface area (Å²) in [6, 6.07) is 14.3. The third-order valence-electron chi connectivity index (χ3n) is 11.8. The zero-order valence-corrected chi connectivity index (χ0v) is 32.6. The summed E-state index contributed by atoms with van der Waals surface area (Å²) < 4.78 is 98.2. The van der Waals surface area contributed by atoms with E-state index >= 15 is 0 Å². The minimum Gasteiger partial charge on any atom is -0.489 e. The summed E-state index contributed by atoms with van der Waals surface area (Å²) in [4.78, 5) is 0. The number of ether oxygens (including phenoxy) is 2. The number of alkyl halides is 6. The van der Waals surface area contributed by atoms with Crippen LogP contribution in [-0.4, -0.2) is 6.10 Å². The van der Waals surface area contributed by atoms with Gasteiger partial charge in [0.15, 0.2) is 0 Å². The van der Waals surface area contributed by atoms with Gasteiger partial charge in [0.2, 0.25) is 0 Å². The molecule has 4 nitrogen and oxygen atoms in total. The Morgan fingerprint density at radius 1 is 0.538 bits per heavy atom. The highest BCUT2D eigenvalue weighted by atomic mass is 19.4. The highest BCUT2D eigenvalue weighted by Gasteiger charge is 2.71. The van der Waals surface area contributed by atoms with Gasteiger partial charge >= 0.3 is 12.4 Å². The molecule has 3 aromatic carbocycles. The van der Waals surface area contributed by atoms with Crippen molar-refractivity contribution in [3.05, 3.63) is 77.4 Å². The quantitative estimate of drug-likeness (QED) is 0.202. The van der Waals surface area contributed by atoms with Crippen molar-refractivity contribution < 1.29 is 35.8 Å². The maximum absolute atomic E-state index is 14.6. The van der Waals surface area contributed by atoms with Crippen LogP contribution in [0.5, 0.6) is 17.2 Å². The van der Waals surface area contributed by atoms with Crippen LogP contribution in [0.25, 0.3) is 0 Å². The Hall–Kier alpha value is -3.56. The van der Waals surface area contributed by atoms with Crippen LogP contribution in [0.3, 0.4) is 0 Å². The Morgan fingerprint density at radius 3 is 1.27 bits per heavy atom. The van der Waals surface area contributed by atoms with Gasteiger partial charge in [0.1, 0.15) is 28.9 Å². The molecule has 0 atom stereocenters. The van der Waals surface area contributed by atoms with Gasteiger partial charge in [-0.2, -0.15) is 26.3 Å². The second-order valence-corrected chi connectivity index (χ2v) is 18.7. The molecule has 0 spiro atoms. The number of nitrogen functional groups attached to an aromatic ring is 2. The first-order chi connectivity index (χ1) is 23.4. The monoisotopic (exact) mass is 734 g/mol. The van der Waals surface area contributed by atoms with Crippen molar-refractivity contribution >= 4 is 11.4 Å². The zero-order chi connectivity index (χ0) is 39.7. The third kappa shape index (κ3) is 7.32. The molecule has 4 rings (SSSR count). The molecule has 10 heteroatoms. The molecule has 1 fully saturated rings. The minimum absolute atomic E-state index is 0.00218. The molecule has 1 aliphatic rings. The van der Waals surface area contributed by atoms with Gasteiger partial charge in [-0.3, -0.25) is 0 Å². The van der Waals surface area contributed by atoms with Gasteiger partial charge in [0, 0.05) is 22.2 Å². The summed E-state index contributed by atoms with van der Waals surface area (Å²) in [7, 11) is 0. The Labute approximate surface area is 305 Å². The van der Waals surface area contributed by atoms with Crippen LogP contribution in [0.1, 0.15) is 119 Å². The standard InChI is InChI=1S/C42H56F6N2O2/c1-35(2,3)39(36(4,5)6)23-26(25-13-17-29(18-14-25)51-32-19-15-27(49)21-30(32)41(43,44)45)24-40(37(7,8)9,38(10,11)12)34(39)52-33-20-16-28(50)22-31(33)42(46,47)48/h13-22,26,34H,23-24,49-50H2,1-12H3. The van der Waals surface area contributed by atoms with E-state index in [1.807, 2.05) is 12.1 Å². The lowest BCUT2D eigenvalue weighted by Crippen LogP contribution is -2.71. The molecule has 288 valence electrons. The topological polar surface area (TPSA) is 70.5 Å². The average Bonchev–Trinajstić information content (AvgIpc) is 2.96. The number of hydrogen-bond donors (Lipinski definition) is 2. The minimum atomic E-state index is -4.70. The van der Waals surface area contributed by atoms with Crippen LogP contribution in [0.2, 0.25) is 0 Å². The zero-order valence-electron chi connectivity index (χ0n) is 32.6. The fraction of sp³-hybridized carbons (Fsp3) is 0.571. The van der Waals surface area contributed by atoms with Crippen LogP contribution in [0.4, 0.5) is 37.7 Å². The molecular formula is C42H56F6N2O2. The molecule has 0 unspecified atom stereocenters. The molecule has 0 radical (unpaired) electrons. The van der Waals surface area contributed by atoms with Crippen LogP contribution in [0.15, 0.2) is 60.7 Å². The van der Waals surface area contributed by atoms with Gasteiger partial charge in [0.05, 0.1) is 5.56 Å². The van der Waals surface area contributed by atoms with Crippen molar-refractivity contribution in [1.82, 2.24) is 0 Å². The lowest BCUT2D eigenvalue weighted by atomic mass is 9.35. The molecule has 3 aromatic rings. The van der Waals surface area contributed by atoms with Gasteiger partial charge in [-0.05, 0) is 94.5 Å². The van der Waals surface area contributed by atoms with E-state index in [1.54, 1.807) is 12.1 Å². The van der Waals surface area contributed by atoms with E-state index < -0.39 is 62.1 Å². The molecule has 52 heavy (non-hydrogen) atoms. The van der Waals surface area contributed by atoms with Gasteiger partial charge in [-0.25, -0.2) is 0 Å². The fourth-order valence-electron chi connectivity index (χ4n) is 9.76. The van der Waals surface area contributed by atoms with E-state index in [1.165, 1.54) is 24.3 Å². The number of hydrogen-bond acceptors (Lipinski definition) is 4. The summed E-state index contributed by atoms with van der Waals surface area (Å²) in [6.45, 7) is 25.7. The van der Waals surface area contributed by atoms with Crippen molar-refractivity contribution in [3.63, 3.8) is 0 Å². The second kappa shape index (κ2) is 13.1. The molecule has 0 bridgehead atoms. The number of halogens is 6. The number of nitrogens with two attached hydrogens (primary N) is 2. The average molecular weight is 735 g/mol. The molecule has 1 saturated carbocycles. The number of benzene rings is 3. The van der Waals surface area contributed by atoms with Crippen LogP contribution in [-0.2, 0) is 12.4 Å². The summed E-state index contributed by atoms with van der Waals surface area (Å²) in [5, 5.41) is 0. The highest BCUT2D eigenvalue weighted by molar-refractivity contribution is 5.51. The Kier molecular flexibility index (Phi) is 10.4. The molecule has 0 heterocycles. The molecule has 4 N–H and O–H groups in total. The van der Waals surface area contributed by atoms with Crippen LogP contribution in [0, 0.1) is 32.5 Å². The lowest BCUT2D eigenvalue weighted by Gasteiger charge is -2.71. The SMILES string of the molecule is CC(C)(C)C1(C(C)(C)C)CC(c2ccc(Oc3ccc(N)cc3C(F)(F)F)cc2)CC(C(C)(C)C)(C(C)(C)C)C1Oc1ccc(N)cc1C(F)(F)F. The van der Waals surface area contributed by atoms with Crippen molar-refractivity contribution in [2.75, 3.05) is 11.5 Å². The Balaban J connectivity index is 1.96. The van der Waals surface area contributed by atoms with E-state index in [4.69, 9.17) is 20.9 Å². The third-order valence-corrected chi connectivity index (χ3v) is 11.8. The van der Waals surface area contributed by atoms with Crippen LogP contribution >= 0.6 is 0 Å². The maximum atomic E-state index is 14.6. The largest absolute Gasteiger partial charge is 0.489 e. The van der Waals surface area contributed by atoms with E-state index in [-0.39, 0.29) is 34.5 Å². The molecular weight excluding hydrogens is 678 g/mol. The van der Waals surface area contributed by atoms with Crippen LogP contribution < -0.4 is 20.9 Å². The van der Waals surface area contributed by atoms with E-state index in [2.05, 4.69) is 83.1 Å². The van der Waals surface area contributed by atoms with Crippen molar-refractivity contribution in [1.29, 1.82) is 0 Å². The Bertz CT molecular complexity index is 1660. The fourth-order valence-corrected chi connectivity index (χ4v) is 9.76. The maximum Gasteiger partial charge on any atom is 0.420 e. The van der Waals surface area contributed by atoms with E-state index in [0.29, 0.717) is 12.8 Å². The first-order valence-electron chi connectivity index (χ1n) is 17.7. The molecule has 0 aliphatic heterocycles. The van der Waals surface area contributed by atoms with E-state index in [0.717, 1.165) is 17.7 Å². The van der Waals surface area contributed by atoms with E-state index in [9.17, 15) is 26.3 Å². The second-order valence-electron chi connectivity index (χ2n) is 18.7. The summed E-state index contributed by atoms with van der Waals surface area (Å²) >= 11 is 0. The predicted molar refractivity (Wildman–Crippen MR) is 197 cm³/mol. The lowest BCUT2D eigenvalue weighted by molar-refractivity contribution is -0.257. The van der Waals surface area contributed by atoms with Gasteiger partial charge in [-0.15, -0.1) is 0 Å². The molecule has 1 aliphatic carbocycles. The van der Waals surface area contributed by atoms with Crippen molar-refractivity contribution in [2.24, 2.45) is 32.5 Å². The smallest absolute Gasteiger partial charge is 0.420 e. The van der Waals surface area contributed by atoms with Crippen molar-refractivity contribution in [2.45, 2.75) is 120 Å². The normalized spacial score (nSPS) is 20.0.